The minimum absolute atomic E-state index is 0.0394. The second kappa shape index (κ2) is 5.96. The van der Waals surface area contributed by atoms with Gasteiger partial charge in [-0.15, -0.1) is 5.10 Å². The number of nitrogens with zero attached hydrogens (tertiary/aromatic N) is 5. The maximum absolute atomic E-state index is 10.8. The zero-order valence-electron chi connectivity index (χ0n) is 12.3. The molecular formula is C13H18N6O2. The van der Waals surface area contributed by atoms with Crippen LogP contribution < -0.4 is 5.32 Å². The highest BCUT2D eigenvalue weighted by molar-refractivity contribution is 5.34. The maximum atomic E-state index is 10.8. The molecule has 0 bridgehead atoms. The lowest BCUT2D eigenvalue weighted by atomic mass is 10.1. The number of benzene rings is 1. The Morgan fingerprint density at radius 2 is 2.14 bits per heavy atom. The van der Waals surface area contributed by atoms with E-state index in [4.69, 9.17) is 0 Å². The smallest absolute Gasteiger partial charge is 0.269 e. The van der Waals surface area contributed by atoms with Crippen molar-refractivity contribution < 1.29 is 4.92 Å². The van der Waals surface area contributed by atoms with E-state index in [9.17, 15) is 10.1 Å². The molecule has 112 valence electrons. The molecule has 0 fully saturated rings. The molecule has 2 rings (SSSR count). The van der Waals surface area contributed by atoms with E-state index >= 15 is 0 Å². The van der Waals surface area contributed by atoms with Gasteiger partial charge in [-0.25, -0.2) is 4.68 Å². The van der Waals surface area contributed by atoms with E-state index < -0.39 is 4.92 Å². The molecule has 0 amide bonds. The Kier molecular flexibility index (Phi) is 4.27. The minimum atomic E-state index is -0.412. The van der Waals surface area contributed by atoms with Gasteiger partial charge in [-0.05, 0) is 36.8 Å². The summed E-state index contributed by atoms with van der Waals surface area (Å²) in [5.74, 6) is 0.691. The number of rotatable bonds is 5. The Bertz CT molecular complexity index is 632. The van der Waals surface area contributed by atoms with Gasteiger partial charge in [0.2, 0.25) is 0 Å². The number of hydrogen-bond acceptors (Lipinski definition) is 6. The monoisotopic (exact) mass is 290 g/mol. The van der Waals surface area contributed by atoms with Crippen LogP contribution in [0.2, 0.25) is 0 Å². The first kappa shape index (κ1) is 15.0. The highest BCUT2D eigenvalue weighted by Gasteiger charge is 2.13. The van der Waals surface area contributed by atoms with Crippen LogP contribution in [-0.4, -0.2) is 30.7 Å². The number of aromatic nitrogens is 4. The van der Waals surface area contributed by atoms with Crippen molar-refractivity contribution in [1.82, 2.24) is 25.5 Å². The van der Waals surface area contributed by atoms with Gasteiger partial charge in [-0.2, -0.15) is 0 Å². The van der Waals surface area contributed by atoms with Crippen LogP contribution in [0.1, 0.15) is 32.2 Å². The van der Waals surface area contributed by atoms with Crippen LogP contribution in [0.25, 0.3) is 0 Å². The normalized spacial score (nSPS) is 11.6. The standard InChI is InChI=1S/C13H18N6O2/c1-13(2,3)14-8-12-15-16-17-18(12)9-10-5-4-6-11(7-10)19(20)21/h4-7,14H,8-9H2,1-3H3. The minimum Gasteiger partial charge on any atom is -0.305 e. The SMILES string of the molecule is CC(C)(C)NCc1nnnn1Cc1cccc([N+](=O)[O-])c1. The largest absolute Gasteiger partial charge is 0.305 e. The first-order valence-electron chi connectivity index (χ1n) is 6.58. The van der Waals surface area contributed by atoms with Gasteiger partial charge in [0.1, 0.15) is 0 Å². The number of nitrogens with one attached hydrogen (secondary N) is 1. The second-order valence-corrected chi connectivity index (χ2v) is 5.78. The molecule has 0 radical (unpaired) electrons. The lowest BCUT2D eigenvalue weighted by Gasteiger charge is -2.19. The third-order valence-corrected chi connectivity index (χ3v) is 2.84. The van der Waals surface area contributed by atoms with E-state index in [1.807, 2.05) is 6.07 Å². The third-order valence-electron chi connectivity index (χ3n) is 2.84. The van der Waals surface area contributed by atoms with Crippen LogP contribution >= 0.6 is 0 Å². The summed E-state index contributed by atoms with van der Waals surface area (Å²) in [6, 6.07) is 6.47. The molecule has 0 aliphatic rings. The van der Waals surface area contributed by atoms with Gasteiger partial charge >= 0.3 is 0 Å². The molecule has 0 aliphatic heterocycles. The first-order valence-corrected chi connectivity index (χ1v) is 6.58. The van der Waals surface area contributed by atoms with Gasteiger partial charge in [0.15, 0.2) is 5.82 Å². The summed E-state index contributed by atoms with van der Waals surface area (Å²) in [6.45, 7) is 7.10. The summed E-state index contributed by atoms with van der Waals surface area (Å²) >= 11 is 0. The molecule has 21 heavy (non-hydrogen) atoms. The molecule has 0 aliphatic carbocycles. The molecule has 0 unspecified atom stereocenters. The van der Waals surface area contributed by atoms with Crippen molar-refractivity contribution in [2.24, 2.45) is 0 Å². The average Bonchev–Trinajstić information content (AvgIpc) is 2.83. The van der Waals surface area contributed by atoms with Crippen molar-refractivity contribution in [3.05, 3.63) is 45.8 Å². The number of hydrogen-bond donors (Lipinski definition) is 1. The van der Waals surface area contributed by atoms with Crippen molar-refractivity contribution >= 4 is 5.69 Å². The maximum Gasteiger partial charge on any atom is 0.269 e. The lowest BCUT2D eigenvalue weighted by molar-refractivity contribution is -0.384. The Hall–Kier alpha value is -2.35. The van der Waals surface area contributed by atoms with Crippen molar-refractivity contribution in [2.45, 2.75) is 39.4 Å². The fraction of sp³-hybridized carbons (Fsp3) is 0.462. The molecule has 0 saturated carbocycles. The van der Waals surface area contributed by atoms with Crippen LogP contribution in [-0.2, 0) is 13.1 Å². The van der Waals surface area contributed by atoms with Crippen LogP contribution in [0, 0.1) is 10.1 Å². The summed E-state index contributed by atoms with van der Waals surface area (Å²) in [4.78, 5) is 10.4. The summed E-state index contributed by atoms with van der Waals surface area (Å²) in [7, 11) is 0. The van der Waals surface area contributed by atoms with Crippen molar-refractivity contribution in [3.8, 4) is 0 Å². The van der Waals surface area contributed by atoms with Gasteiger partial charge < -0.3 is 5.32 Å². The molecule has 1 N–H and O–H groups in total. The van der Waals surface area contributed by atoms with Gasteiger partial charge in [0.25, 0.3) is 5.69 Å². The predicted octanol–water partition coefficient (Wildman–Crippen LogP) is 1.52. The van der Waals surface area contributed by atoms with Crippen LogP contribution in [0.5, 0.6) is 0 Å². The number of nitro groups is 1. The van der Waals surface area contributed by atoms with E-state index in [0.29, 0.717) is 18.9 Å². The average molecular weight is 290 g/mol. The van der Waals surface area contributed by atoms with Crippen LogP contribution in [0.15, 0.2) is 24.3 Å². The van der Waals surface area contributed by atoms with E-state index in [-0.39, 0.29) is 11.2 Å². The van der Waals surface area contributed by atoms with E-state index in [1.54, 1.807) is 10.7 Å². The summed E-state index contributed by atoms with van der Waals surface area (Å²) < 4.78 is 1.64. The highest BCUT2D eigenvalue weighted by atomic mass is 16.6. The Morgan fingerprint density at radius 3 is 2.81 bits per heavy atom. The van der Waals surface area contributed by atoms with Gasteiger partial charge in [0.05, 0.1) is 18.0 Å². The highest BCUT2D eigenvalue weighted by Crippen LogP contribution is 2.14. The molecule has 1 aromatic carbocycles. The number of nitro benzene ring substituents is 1. The zero-order chi connectivity index (χ0) is 15.5. The topological polar surface area (TPSA) is 98.8 Å². The van der Waals surface area contributed by atoms with Crippen LogP contribution in [0.3, 0.4) is 0 Å². The molecule has 8 heteroatoms. The first-order chi connectivity index (χ1) is 9.85. The van der Waals surface area contributed by atoms with E-state index in [0.717, 1.165) is 5.56 Å². The molecule has 0 atom stereocenters. The third kappa shape index (κ3) is 4.32. The number of non-ortho nitro benzene ring substituents is 1. The lowest BCUT2D eigenvalue weighted by Crippen LogP contribution is -2.36. The molecule has 1 aromatic heterocycles. The summed E-state index contributed by atoms with van der Waals surface area (Å²) in [6.07, 6.45) is 0. The Morgan fingerprint density at radius 1 is 1.38 bits per heavy atom. The summed E-state index contributed by atoms with van der Waals surface area (Å²) in [5, 5.41) is 25.7. The van der Waals surface area contributed by atoms with Crippen LogP contribution in [0.4, 0.5) is 5.69 Å². The van der Waals surface area contributed by atoms with E-state index in [1.165, 1.54) is 12.1 Å². The predicted molar refractivity (Wildman–Crippen MR) is 76.6 cm³/mol. The molecule has 8 nitrogen and oxygen atoms in total. The van der Waals surface area contributed by atoms with Crippen molar-refractivity contribution in [1.29, 1.82) is 0 Å². The molecule has 0 spiro atoms. The molecule has 0 saturated heterocycles. The zero-order valence-corrected chi connectivity index (χ0v) is 12.3. The number of tetrazole rings is 1. The quantitative estimate of drug-likeness (QED) is 0.662. The molecule has 2 aromatic rings. The van der Waals surface area contributed by atoms with Gasteiger partial charge in [0, 0.05) is 17.7 Å². The Balaban J connectivity index is 2.12. The second-order valence-electron chi connectivity index (χ2n) is 5.78. The summed E-state index contributed by atoms with van der Waals surface area (Å²) in [5.41, 5.74) is 0.811. The molecule has 1 heterocycles. The van der Waals surface area contributed by atoms with Crippen molar-refractivity contribution in [3.63, 3.8) is 0 Å². The van der Waals surface area contributed by atoms with Crippen molar-refractivity contribution in [2.75, 3.05) is 0 Å². The van der Waals surface area contributed by atoms with E-state index in [2.05, 4.69) is 41.6 Å². The fourth-order valence-corrected chi connectivity index (χ4v) is 1.76. The van der Waals surface area contributed by atoms with Gasteiger partial charge in [-0.1, -0.05) is 12.1 Å². The Labute approximate surface area is 122 Å². The molecular weight excluding hydrogens is 272 g/mol. The van der Waals surface area contributed by atoms with Gasteiger partial charge in [-0.3, -0.25) is 10.1 Å². The fourth-order valence-electron chi connectivity index (χ4n) is 1.76.